The van der Waals surface area contributed by atoms with E-state index in [2.05, 4.69) is 16.0 Å². The lowest BCUT2D eigenvalue weighted by molar-refractivity contribution is -0.129. The average Bonchev–Trinajstić information content (AvgIpc) is 3.60. The number of carbonyl (C=O) groups is 4. The topological polar surface area (TPSA) is 117 Å². The van der Waals surface area contributed by atoms with E-state index in [0.717, 1.165) is 18.4 Å². The summed E-state index contributed by atoms with van der Waals surface area (Å²) in [7, 11) is 1.44. The fourth-order valence-electron chi connectivity index (χ4n) is 3.95. The number of nitrogens with zero attached hydrogens (tertiary/aromatic N) is 1. The van der Waals surface area contributed by atoms with Gasteiger partial charge in [-0.3, -0.25) is 19.2 Å². The quantitative estimate of drug-likeness (QED) is 0.533. The summed E-state index contributed by atoms with van der Waals surface area (Å²) in [5, 5.41) is 8.13. The minimum absolute atomic E-state index is 0.0457. The van der Waals surface area contributed by atoms with E-state index < -0.39 is 6.04 Å². The van der Waals surface area contributed by atoms with E-state index in [1.165, 1.54) is 7.11 Å². The van der Waals surface area contributed by atoms with Crippen LogP contribution in [0.1, 0.15) is 40.4 Å². The van der Waals surface area contributed by atoms with Crippen molar-refractivity contribution in [3.63, 3.8) is 0 Å². The molecule has 4 rings (SSSR count). The molecular formula is C24H26N4O5. The summed E-state index contributed by atoms with van der Waals surface area (Å²) in [6, 6.07) is 13.6. The molecule has 0 saturated heterocycles. The molecule has 9 nitrogen and oxygen atoms in total. The van der Waals surface area contributed by atoms with Gasteiger partial charge in [0, 0.05) is 30.9 Å². The molecule has 1 fully saturated rings. The maximum Gasteiger partial charge on any atom is 0.255 e. The van der Waals surface area contributed by atoms with Gasteiger partial charge >= 0.3 is 0 Å². The second-order valence-corrected chi connectivity index (χ2v) is 8.11. The van der Waals surface area contributed by atoms with Gasteiger partial charge in [0.05, 0.1) is 6.54 Å². The number of nitrogens with one attached hydrogen (secondary N) is 3. The first kappa shape index (κ1) is 22.5. The van der Waals surface area contributed by atoms with Crippen LogP contribution >= 0.6 is 0 Å². The molecule has 9 heteroatoms. The minimum Gasteiger partial charge on any atom is -0.375 e. The van der Waals surface area contributed by atoms with Crippen LogP contribution in [0.5, 0.6) is 0 Å². The van der Waals surface area contributed by atoms with Crippen molar-refractivity contribution in [1.82, 2.24) is 15.5 Å². The third-order valence-corrected chi connectivity index (χ3v) is 5.59. The molecule has 1 aliphatic heterocycles. The summed E-state index contributed by atoms with van der Waals surface area (Å²) in [5.41, 5.74) is 2.62. The van der Waals surface area contributed by atoms with Gasteiger partial charge in [-0.1, -0.05) is 30.3 Å². The van der Waals surface area contributed by atoms with Crippen LogP contribution in [-0.2, 0) is 25.7 Å². The third-order valence-electron chi connectivity index (χ3n) is 5.59. The van der Waals surface area contributed by atoms with Crippen LogP contribution in [0.15, 0.2) is 48.5 Å². The molecule has 2 aromatic carbocycles. The molecule has 0 bridgehead atoms. The largest absolute Gasteiger partial charge is 0.375 e. The van der Waals surface area contributed by atoms with Gasteiger partial charge in [0.25, 0.3) is 5.91 Å². The molecule has 1 aliphatic carbocycles. The number of ether oxygens (including phenoxy) is 1. The van der Waals surface area contributed by atoms with Crippen LogP contribution in [0.25, 0.3) is 0 Å². The van der Waals surface area contributed by atoms with Crippen LogP contribution in [0.2, 0.25) is 0 Å². The number of amides is 4. The molecule has 1 saturated carbocycles. The van der Waals surface area contributed by atoms with E-state index in [1.54, 1.807) is 47.4 Å². The lowest BCUT2D eigenvalue weighted by Gasteiger charge is -2.24. The zero-order valence-electron chi connectivity index (χ0n) is 18.3. The van der Waals surface area contributed by atoms with Crippen LogP contribution < -0.4 is 16.0 Å². The van der Waals surface area contributed by atoms with Crippen molar-refractivity contribution in [3.05, 3.63) is 65.2 Å². The summed E-state index contributed by atoms with van der Waals surface area (Å²) in [6.45, 7) is -0.00793. The van der Waals surface area contributed by atoms with Crippen LogP contribution in [0, 0.1) is 0 Å². The van der Waals surface area contributed by atoms with E-state index in [1.807, 2.05) is 6.07 Å². The molecular weight excluding hydrogens is 424 g/mol. The van der Waals surface area contributed by atoms with Crippen LogP contribution in [0.3, 0.4) is 0 Å². The smallest absolute Gasteiger partial charge is 0.255 e. The standard InChI is InChI=1S/C24H26N4O5/c1-33-14-21(30)27-16-6-4-5-15(11-16)12-25-20(29)13-26-23(31)22-18-7-2-3-8-19(18)24(32)28(22)17-9-10-17/h2-8,11,17,22H,9-10,12-14H2,1H3,(H,25,29)(H,26,31)(H,27,30). The number of fused-ring (bicyclic) bond motifs is 1. The number of methoxy groups -OCH3 is 1. The van der Waals surface area contributed by atoms with Gasteiger partial charge in [-0.2, -0.15) is 0 Å². The van der Waals surface area contributed by atoms with E-state index in [9.17, 15) is 19.2 Å². The van der Waals surface area contributed by atoms with Crippen molar-refractivity contribution in [2.45, 2.75) is 31.5 Å². The van der Waals surface area contributed by atoms with Gasteiger partial charge in [-0.15, -0.1) is 0 Å². The number of benzene rings is 2. The number of hydrogen-bond acceptors (Lipinski definition) is 5. The monoisotopic (exact) mass is 450 g/mol. The zero-order chi connectivity index (χ0) is 23.4. The second-order valence-electron chi connectivity index (χ2n) is 8.11. The molecule has 0 radical (unpaired) electrons. The van der Waals surface area contributed by atoms with Gasteiger partial charge < -0.3 is 25.6 Å². The van der Waals surface area contributed by atoms with Crippen molar-refractivity contribution < 1.29 is 23.9 Å². The highest BCUT2D eigenvalue weighted by atomic mass is 16.5. The van der Waals surface area contributed by atoms with E-state index >= 15 is 0 Å². The van der Waals surface area contributed by atoms with Gasteiger partial charge in [-0.05, 0) is 42.2 Å². The molecule has 0 aromatic heterocycles. The Morgan fingerprint density at radius 3 is 2.58 bits per heavy atom. The van der Waals surface area contributed by atoms with E-state index in [4.69, 9.17) is 4.74 Å². The first-order valence-electron chi connectivity index (χ1n) is 10.8. The van der Waals surface area contributed by atoms with Crippen LogP contribution in [0.4, 0.5) is 5.69 Å². The Morgan fingerprint density at radius 2 is 1.82 bits per heavy atom. The average molecular weight is 450 g/mol. The molecule has 1 atom stereocenters. The van der Waals surface area contributed by atoms with Crippen molar-refractivity contribution in [2.75, 3.05) is 25.6 Å². The molecule has 3 N–H and O–H groups in total. The SMILES string of the molecule is COCC(=O)Nc1cccc(CNC(=O)CNC(=O)C2c3ccccc3C(=O)N2C2CC2)c1. The summed E-state index contributed by atoms with van der Waals surface area (Å²) in [4.78, 5) is 51.3. The Balaban J connectivity index is 1.31. The minimum atomic E-state index is -0.707. The molecule has 0 spiro atoms. The maximum absolute atomic E-state index is 12.9. The highest BCUT2D eigenvalue weighted by molar-refractivity contribution is 6.05. The van der Waals surface area contributed by atoms with E-state index in [-0.39, 0.29) is 49.4 Å². The van der Waals surface area contributed by atoms with Crippen LogP contribution in [-0.4, -0.2) is 54.8 Å². The van der Waals surface area contributed by atoms with Crippen molar-refractivity contribution in [3.8, 4) is 0 Å². The Bertz CT molecular complexity index is 1080. The number of hydrogen-bond donors (Lipinski definition) is 3. The number of carbonyl (C=O) groups excluding carboxylic acids is 4. The molecule has 2 aliphatic rings. The predicted molar refractivity (Wildman–Crippen MR) is 120 cm³/mol. The molecule has 1 heterocycles. The first-order valence-corrected chi connectivity index (χ1v) is 10.8. The maximum atomic E-state index is 12.9. The Hall–Kier alpha value is -3.72. The molecule has 172 valence electrons. The lowest BCUT2D eigenvalue weighted by Crippen LogP contribution is -2.43. The fraction of sp³-hybridized carbons (Fsp3) is 0.333. The molecule has 2 aromatic rings. The highest BCUT2D eigenvalue weighted by Crippen LogP contribution is 2.41. The molecule has 1 unspecified atom stereocenters. The van der Waals surface area contributed by atoms with Crippen molar-refractivity contribution >= 4 is 29.3 Å². The second kappa shape index (κ2) is 9.83. The van der Waals surface area contributed by atoms with Gasteiger partial charge in [0.2, 0.25) is 17.7 Å². The zero-order valence-corrected chi connectivity index (χ0v) is 18.3. The summed E-state index contributed by atoms with van der Waals surface area (Å²) < 4.78 is 4.79. The molecule has 4 amide bonds. The first-order chi connectivity index (χ1) is 16.0. The predicted octanol–water partition coefficient (Wildman–Crippen LogP) is 1.36. The summed E-state index contributed by atoms with van der Waals surface area (Å²) >= 11 is 0. The Labute approximate surface area is 191 Å². The van der Waals surface area contributed by atoms with Gasteiger partial charge in [-0.25, -0.2) is 0 Å². The highest BCUT2D eigenvalue weighted by Gasteiger charge is 2.47. The summed E-state index contributed by atoms with van der Waals surface area (Å²) in [5.74, 6) is -1.12. The number of anilines is 1. The normalized spacial score (nSPS) is 16.8. The fourth-order valence-corrected chi connectivity index (χ4v) is 3.95. The van der Waals surface area contributed by atoms with Gasteiger partial charge in [0.1, 0.15) is 12.6 Å². The van der Waals surface area contributed by atoms with E-state index in [0.29, 0.717) is 16.8 Å². The summed E-state index contributed by atoms with van der Waals surface area (Å²) in [6.07, 6.45) is 1.77. The third kappa shape index (κ3) is 5.20. The number of rotatable bonds is 9. The molecule has 33 heavy (non-hydrogen) atoms. The van der Waals surface area contributed by atoms with Crippen molar-refractivity contribution in [1.29, 1.82) is 0 Å². The Morgan fingerprint density at radius 1 is 1.03 bits per heavy atom. The lowest BCUT2D eigenvalue weighted by atomic mass is 10.0. The van der Waals surface area contributed by atoms with Gasteiger partial charge in [0.15, 0.2) is 0 Å². The Kier molecular flexibility index (Phi) is 6.69. The van der Waals surface area contributed by atoms with Crippen molar-refractivity contribution in [2.24, 2.45) is 0 Å².